The number of carbonyl (C=O) groups is 2. The highest BCUT2D eigenvalue weighted by atomic mass is 32.3. The zero-order valence-corrected chi connectivity index (χ0v) is 12.7. The van der Waals surface area contributed by atoms with Gasteiger partial charge in [0.05, 0.1) is 18.7 Å². The lowest BCUT2D eigenvalue weighted by molar-refractivity contribution is -0.142. The molecule has 1 unspecified atom stereocenters. The molecule has 1 aromatic heterocycles. The molecule has 1 aliphatic heterocycles. The molecule has 0 N–H and O–H groups in total. The van der Waals surface area contributed by atoms with Crippen LogP contribution in [0.1, 0.15) is 19.0 Å². The van der Waals surface area contributed by atoms with Gasteiger partial charge in [-0.25, -0.2) is 4.98 Å². The van der Waals surface area contributed by atoms with E-state index in [2.05, 4.69) is 4.98 Å². The predicted molar refractivity (Wildman–Crippen MR) is 73.2 cm³/mol. The summed E-state index contributed by atoms with van der Waals surface area (Å²) in [6.07, 6.45) is -0.428. The second-order valence-electron chi connectivity index (χ2n) is 4.41. The van der Waals surface area contributed by atoms with E-state index in [1.807, 2.05) is 0 Å². The van der Waals surface area contributed by atoms with Crippen LogP contribution in [0.4, 0.5) is 9.02 Å². The SMILES string of the molecule is CCOC(=O)Cc1csc(N2CC(S(=O)(=O)F)CC2=O)n1. The molecule has 0 aliphatic carbocycles. The number of rotatable bonds is 5. The highest BCUT2D eigenvalue weighted by molar-refractivity contribution is 7.87. The van der Waals surface area contributed by atoms with Gasteiger partial charge < -0.3 is 4.74 Å². The van der Waals surface area contributed by atoms with Gasteiger partial charge in [-0.3, -0.25) is 14.5 Å². The third-order valence-corrected chi connectivity index (χ3v) is 4.91. The van der Waals surface area contributed by atoms with Gasteiger partial charge in [0, 0.05) is 18.3 Å². The largest absolute Gasteiger partial charge is 0.466 e. The summed E-state index contributed by atoms with van der Waals surface area (Å²) >= 11 is 1.09. The Labute approximate surface area is 124 Å². The fraction of sp³-hybridized carbons (Fsp3) is 0.545. The number of nitrogens with zero attached hydrogens (tertiary/aromatic N) is 2. The smallest absolute Gasteiger partial charge is 0.311 e. The van der Waals surface area contributed by atoms with Gasteiger partial charge in [0.1, 0.15) is 5.25 Å². The van der Waals surface area contributed by atoms with Crippen LogP contribution in [0.2, 0.25) is 0 Å². The maximum absolute atomic E-state index is 12.9. The molecule has 1 amide bonds. The zero-order valence-electron chi connectivity index (χ0n) is 11.1. The van der Waals surface area contributed by atoms with E-state index in [-0.39, 0.29) is 24.7 Å². The van der Waals surface area contributed by atoms with E-state index in [0.29, 0.717) is 5.69 Å². The number of thiazole rings is 1. The number of ether oxygens (including phenoxy) is 1. The number of anilines is 1. The molecule has 2 heterocycles. The number of esters is 1. The van der Waals surface area contributed by atoms with Crippen LogP contribution in [-0.4, -0.2) is 43.7 Å². The molecular formula is C11H13FN2O5S2. The lowest BCUT2D eigenvalue weighted by atomic mass is 10.3. The molecule has 1 saturated heterocycles. The first kappa shape index (κ1) is 15.8. The van der Waals surface area contributed by atoms with E-state index in [1.165, 1.54) is 0 Å². The summed E-state index contributed by atoms with van der Waals surface area (Å²) in [5.74, 6) is -0.940. The summed E-state index contributed by atoms with van der Waals surface area (Å²) < 4.78 is 39.4. The number of hydrogen-bond donors (Lipinski definition) is 0. The van der Waals surface area contributed by atoms with Crippen LogP contribution < -0.4 is 4.90 Å². The summed E-state index contributed by atoms with van der Waals surface area (Å²) in [5, 5.41) is 0.476. The van der Waals surface area contributed by atoms with Crippen LogP contribution in [0.3, 0.4) is 0 Å². The molecule has 0 radical (unpaired) electrons. The minimum absolute atomic E-state index is 0.0305. The number of halogens is 1. The van der Waals surface area contributed by atoms with Gasteiger partial charge >= 0.3 is 16.2 Å². The first-order valence-electron chi connectivity index (χ1n) is 6.15. The maximum Gasteiger partial charge on any atom is 0.311 e. The maximum atomic E-state index is 12.9. The normalized spacial score (nSPS) is 19.0. The zero-order chi connectivity index (χ0) is 15.6. The van der Waals surface area contributed by atoms with Gasteiger partial charge in [-0.1, -0.05) is 0 Å². The fourth-order valence-corrected chi connectivity index (χ4v) is 3.43. The molecule has 0 bridgehead atoms. The summed E-state index contributed by atoms with van der Waals surface area (Å²) in [6.45, 7) is 1.69. The van der Waals surface area contributed by atoms with Crippen LogP contribution >= 0.6 is 11.3 Å². The van der Waals surface area contributed by atoms with Crippen LogP contribution in [0.5, 0.6) is 0 Å². The van der Waals surface area contributed by atoms with Crippen molar-refractivity contribution in [3.63, 3.8) is 0 Å². The lowest BCUT2D eigenvalue weighted by Crippen LogP contribution is -2.26. The third kappa shape index (κ3) is 3.76. The highest BCUT2D eigenvalue weighted by Gasteiger charge is 2.40. The van der Waals surface area contributed by atoms with Gasteiger partial charge in [0.25, 0.3) is 0 Å². The van der Waals surface area contributed by atoms with E-state index in [4.69, 9.17) is 4.74 Å². The Morgan fingerprint density at radius 3 is 2.90 bits per heavy atom. The quantitative estimate of drug-likeness (QED) is 0.579. The number of amides is 1. The van der Waals surface area contributed by atoms with E-state index < -0.39 is 33.8 Å². The Morgan fingerprint density at radius 2 is 2.33 bits per heavy atom. The van der Waals surface area contributed by atoms with Crippen molar-refractivity contribution in [2.24, 2.45) is 0 Å². The van der Waals surface area contributed by atoms with E-state index >= 15 is 0 Å². The molecule has 7 nitrogen and oxygen atoms in total. The van der Waals surface area contributed by atoms with Gasteiger partial charge in [-0.05, 0) is 6.92 Å². The highest BCUT2D eigenvalue weighted by Crippen LogP contribution is 2.28. The van der Waals surface area contributed by atoms with Crippen molar-refractivity contribution in [2.75, 3.05) is 18.1 Å². The molecule has 1 atom stereocenters. The fourth-order valence-electron chi connectivity index (χ4n) is 1.91. The van der Waals surface area contributed by atoms with Crippen LogP contribution in [0.25, 0.3) is 0 Å². The van der Waals surface area contributed by atoms with Crippen molar-refractivity contribution >= 4 is 38.6 Å². The molecular weight excluding hydrogens is 323 g/mol. The lowest BCUT2D eigenvalue weighted by Gasteiger charge is -2.11. The molecule has 0 aromatic carbocycles. The predicted octanol–water partition coefficient (Wildman–Crippen LogP) is 0.653. The first-order valence-corrected chi connectivity index (χ1v) is 8.47. The van der Waals surface area contributed by atoms with Crippen molar-refractivity contribution < 1.29 is 26.6 Å². The van der Waals surface area contributed by atoms with Crippen LogP contribution in [0, 0.1) is 0 Å². The van der Waals surface area contributed by atoms with Crippen LogP contribution in [0.15, 0.2) is 5.38 Å². The molecule has 116 valence electrons. The second-order valence-corrected chi connectivity index (χ2v) is 6.86. The monoisotopic (exact) mass is 336 g/mol. The average Bonchev–Trinajstić information content (AvgIpc) is 2.95. The minimum atomic E-state index is -4.76. The molecule has 21 heavy (non-hydrogen) atoms. The van der Waals surface area contributed by atoms with Gasteiger partial charge in [0.15, 0.2) is 5.13 Å². The second kappa shape index (κ2) is 6.06. The van der Waals surface area contributed by atoms with E-state index in [9.17, 15) is 21.9 Å². The Balaban J connectivity index is 2.08. The summed E-state index contributed by atoms with van der Waals surface area (Å²) in [6, 6.07) is 0. The molecule has 1 fully saturated rings. The van der Waals surface area contributed by atoms with E-state index in [0.717, 1.165) is 16.2 Å². The number of hydrogen-bond acceptors (Lipinski definition) is 7. The average molecular weight is 336 g/mol. The summed E-state index contributed by atoms with van der Waals surface area (Å²) in [5.41, 5.74) is 0.424. The Hall–Kier alpha value is -1.55. The molecule has 10 heteroatoms. The van der Waals surface area contributed by atoms with Crippen molar-refractivity contribution in [1.29, 1.82) is 0 Å². The van der Waals surface area contributed by atoms with Crippen molar-refractivity contribution in [1.82, 2.24) is 4.98 Å². The van der Waals surface area contributed by atoms with Gasteiger partial charge in [0.2, 0.25) is 5.91 Å². The molecule has 0 saturated carbocycles. The molecule has 0 spiro atoms. The van der Waals surface area contributed by atoms with E-state index in [1.54, 1.807) is 12.3 Å². The standard InChI is InChI=1S/C11H13FN2O5S2/c1-2-19-10(16)3-7-6-20-11(13-7)14-5-8(4-9(14)15)21(12,17)18/h6,8H,2-5H2,1H3. The van der Waals surface area contributed by atoms with Crippen LogP contribution in [-0.2, 0) is 31.0 Å². The molecule has 1 aromatic rings. The summed E-state index contributed by atoms with van der Waals surface area (Å²) in [4.78, 5) is 28.3. The molecule has 1 aliphatic rings. The van der Waals surface area contributed by atoms with Crippen molar-refractivity contribution in [3.8, 4) is 0 Å². The summed E-state index contributed by atoms with van der Waals surface area (Å²) in [7, 11) is -4.76. The van der Waals surface area contributed by atoms with Gasteiger partial charge in [-0.15, -0.1) is 15.2 Å². The Kier molecular flexibility index (Phi) is 4.57. The minimum Gasteiger partial charge on any atom is -0.466 e. The third-order valence-electron chi connectivity index (χ3n) is 2.89. The Morgan fingerprint density at radius 1 is 1.62 bits per heavy atom. The Bertz CT molecular complexity index is 657. The number of aromatic nitrogens is 1. The topological polar surface area (TPSA) is 93.6 Å². The van der Waals surface area contributed by atoms with Gasteiger partial charge in [-0.2, -0.15) is 8.42 Å². The first-order chi connectivity index (χ1) is 9.81. The molecule has 2 rings (SSSR count). The van der Waals surface area contributed by atoms with Crippen molar-refractivity contribution in [2.45, 2.75) is 25.0 Å². The number of carbonyl (C=O) groups excluding carboxylic acids is 2. The van der Waals surface area contributed by atoms with Crippen molar-refractivity contribution in [3.05, 3.63) is 11.1 Å².